The Morgan fingerprint density at radius 1 is 0.979 bits per heavy atom. The van der Waals surface area contributed by atoms with Crippen molar-refractivity contribution in [3.8, 4) is 12.3 Å². The summed E-state index contributed by atoms with van der Waals surface area (Å²) in [6.07, 6.45) is 10.6. The summed E-state index contributed by atoms with van der Waals surface area (Å²) in [5.74, 6) is 4.27. The summed E-state index contributed by atoms with van der Waals surface area (Å²) < 4.78 is 23.6. The summed E-state index contributed by atoms with van der Waals surface area (Å²) in [6.45, 7) is 12.9. The van der Waals surface area contributed by atoms with Crippen LogP contribution in [0.15, 0.2) is 6.20 Å². The number of amides is 1. The molecule has 0 radical (unpaired) electrons. The lowest BCUT2D eigenvalue weighted by molar-refractivity contribution is -0.137. The molecule has 2 aromatic rings. The number of nitrogens with one attached hydrogen (secondary N) is 1. The number of terminal acetylenes is 1. The maximum atomic E-state index is 13.9. The number of carbonyl (C=O) groups is 1. The largest absolute Gasteiger partial charge is 0.378 e. The van der Waals surface area contributed by atoms with Gasteiger partial charge < -0.3 is 44.7 Å². The lowest BCUT2D eigenvalue weighted by Gasteiger charge is -2.37. The quantitative estimate of drug-likeness (QED) is 0.140. The molecule has 1 amide bonds. The van der Waals surface area contributed by atoms with E-state index in [2.05, 4.69) is 45.2 Å². The van der Waals surface area contributed by atoms with Crippen molar-refractivity contribution in [3.05, 3.63) is 11.9 Å². The molecule has 0 unspecified atom stereocenters. The van der Waals surface area contributed by atoms with E-state index in [0.29, 0.717) is 116 Å². The predicted molar refractivity (Wildman–Crippen MR) is 182 cm³/mol. The van der Waals surface area contributed by atoms with Crippen molar-refractivity contribution in [2.24, 2.45) is 11.7 Å². The second-order valence-corrected chi connectivity index (χ2v) is 11.8. The summed E-state index contributed by atoms with van der Waals surface area (Å²) in [5, 5.41) is 12.0. The zero-order valence-electron chi connectivity index (χ0n) is 28.6. The summed E-state index contributed by atoms with van der Waals surface area (Å²) in [5.41, 5.74) is 6.54. The van der Waals surface area contributed by atoms with Gasteiger partial charge in [0.25, 0.3) is 0 Å². The van der Waals surface area contributed by atoms with Crippen LogP contribution in [0.5, 0.6) is 0 Å². The van der Waals surface area contributed by atoms with Crippen LogP contribution in [0.25, 0.3) is 0 Å². The summed E-state index contributed by atoms with van der Waals surface area (Å²) in [6, 6.07) is -0.403. The molecule has 4 heterocycles. The number of morpholine rings is 1. The zero-order chi connectivity index (χ0) is 34.0. The van der Waals surface area contributed by atoms with E-state index in [4.69, 9.17) is 46.1 Å². The first-order valence-electron chi connectivity index (χ1n) is 17.2. The van der Waals surface area contributed by atoms with Gasteiger partial charge in [0.15, 0.2) is 0 Å². The fourth-order valence-electron chi connectivity index (χ4n) is 5.45. The highest BCUT2D eigenvalue weighted by atomic mass is 16.5. The van der Waals surface area contributed by atoms with Gasteiger partial charge in [0.05, 0.1) is 51.9 Å². The number of nitrogens with zero attached hydrogens (tertiary/aromatic N) is 9. The van der Waals surface area contributed by atoms with Crippen LogP contribution in [-0.2, 0) is 30.2 Å². The molecule has 2 aromatic heterocycles. The number of aryl methyl sites for hydroxylation is 1. The topological polar surface area (TPSA) is 171 Å². The lowest BCUT2D eigenvalue weighted by atomic mass is 9.97. The number of rotatable bonds is 21. The molecule has 3 N–H and O–H groups in total. The predicted octanol–water partition coefficient (Wildman–Crippen LogP) is 0.612. The van der Waals surface area contributed by atoms with E-state index in [-0.39, 0.29) is 18.4 Å². The van der Waals surface area contributed by atoms with Gasteiger partial charge >= 0.3 is 0 Å². The molecule has 16 nitrogen and oxygen atoms in total. The first kappa shape index (κ1) is 37.2. The fourth-order valence-corrected chi connectivity index (χ4v) is 5.45. The average molecular weight is 672 g/mol. The first-order chi connectivity index (χ1) is 23.5. The minimum Gasteiger partial charge on any atom is -0.378 e. The molecule has 2 aliphatic heterocycles. The molecule has 16 heteroatoms. The standard InChI is InChI=1S/C32H53N11O5/c1-4-17-45-21-23-48-24-22-46-18-10-34-30-35-31(37-32(36-30)42-15-19-47-20-16-42)41-13-11-40(12-14-41)29(44)28(26(3)5-2)43-25-27(38-39-43)8-6-7-9-33/h1,25-26,28H,5-24,33H2,2-3H3,(H,34,35,36,37)/t26-,28-/m0/s1. The number of ether oxygens (including phenoxy) is 4. The maximum Gasteiger partial charge on any atom is 0.247 e. The van der Waals surface area contributed by atoms with Gasteiger partial charge in [-0.15, -0.1) is 11.5 Å². The number of aromatic nitrogens is 6. The van der Waals surface area contributed by atoms with Crippen molar-refractivity contribution in [3.63, 3.8) is 0 Å². The Morgan fingerprint density at radius 2 is 1.65 bits per heavy atom. The minimum absolute atomic E-state index is 0.0667. The second-order valence-electron chi connectivity index (χ2n) is 11.8. The number of anilines is 3. The van der Waals surface area contributed by atoms with Gasteiger partial charge in [-0.25, -0.2) is 4.68 Å². The van der Waals surface area contributed by atoms with E-state index >= 15 is 0 Å². The van der Waals surface area contributed by atoms with Crippen LogP contribution in [-0.4, -0.2) is 146 Å². The van der Waals surface area contributed by atoms with E-state index < -0.39 is 6.04 Å². The molecular weight excluding hydrogens is 618 g/mol. The van der Waals surface area contributed by atoms with E-state index in [1.807, 2.05) is 11.1 Å². The Kier molecular flexibility index (Phi) is 16.0. The van der Waals surface area contributed by atoms with Crippen LogP contribution in [0.4, 0.5) is 17.8 Å². The molecule has 2 aliphatic rings. The van der Waals surface area contributed by atoms with Crippen LogP contribution < -0.4 is 20.9 Å². The molecular formula is C32H53N11O5. The monoisotopic (exact) mass is 671 g/mol. The van der Waals surface area contributed by atoms with Gasteiger partial charge in [-0.3, -0.25) is 4.79 Å². The van der Waals surface area contributed by atoms with Crippen LogP contribution in [0.3, 0.4) is 0 Å². The van der Waals surface area contributed by atoms with Gasteiger partial charge in [-0.05, 0) is 31.7 Å². The van der Waals surface area contributed by atoms with Crippen molar-refractivity contribution >= 4 is 23.8 Å². The van der Waals surface area contributed by atoms with Crippen LogP contribution >= 0.6 is 0 Å². The van der Waals surface area contributed by atoms with Crippen LogP contribution in [0.2, 0.25) is 0 Å². The van der Waals surface area contributed by atoms with E-state index in [9.17, 15) is 4.79 Å². The van der Waals surface area contributed by atoms with Gasteiger partial charge in [0.1, 0.15) is 12.6 Å². The van der Waals surface area contributed by atoms with Crippen LogP contribution in [0.1, 0.15) is 44.8 Å². The van der Waals surface area contributed by atoms with Gasteiger partial charge in [-0.2, -0.15) is 15.0 Å². The smallest absolute Gasteiger partial charge is 0.247 e. The normalized spacial score (nSPS) is 16.5. The minimum atomic E-state index is -0.403. The molecule has 0 saturated carbocycles. The van der Waals surface area contributed by atoms with Crippen molar-refractivity contribution < 1.29 is 23.7 Å². The Labute approximate surface area is 284 Å². The highest BCUT2D eigenvalue weighted by Gasteiger charge is 2.33. The van der Waals surface area contributed by atoms with Crippen molar-refractivity contribution in [2.75, 3.05) is 120 Å². The third kappa shape index (κ3) is 11.5. The molecule has 48 heavy (non-hydrogen) atoms. The molecule has 0 bridgehead atoms. The lowest BCUT2D eigenvalue weighted by Crippen LogP contribution is -2.52. The molecule has 2 atom stereocenters. The average Bonchev–Trinajstić information content (AvgIpc) is 3.59. The molecule has 0 spiro atoms. The third-order valence-corrected chi connectivity index (χ3v) is 8.40. The van der Waals surface area contributed by atoms with Crippen LogP contribution in [0, 0.1) is 18.3 Å². The number of piperazine rings is 1. The maximum absolute atomic E-state index is 13.9. The first-order valence-corrected chi connectivity index (χ1v) is 17.2. The van der Waals surface area contributed by atoms with E-state index in [0.717, 1.165) is 31.4 Å². The molecule has 0 aliphatic carbocycles. The fraction of sp³-hybridized carbons (Fsp3) is 0.750. The number of unbranched alkanes of at least 4 members (excludes halogenated alkanes) is 1. The molecule has 2 fully saturated rings. The Morgan fingerprint density at radius 3 is 2.31 bits per heavy atom. The third-order valence-electron chi connectivity index (χ3n) is 8.40. The van der Waals surface area contributed by atoms with E-state index in [1.54, 1.807) is 4.68 Å². The molecule has 266 valence electrons. The molecule has 4 rings (SSSR count). The summed E-state index contributed by atoms with van der Waals surface area (Å²) in [7, 11) is 0. The SMILES string of the molecule is C#CCOCCOCCOCCNc1nc(N2CCOCC2)nc(N2CCN(C(=O)[C@H]([C@@H](C)CC)n3cc(CCCCN)nn3)CC2)n1. The Hall–Kier alpha value is -3.62. The highest BCUT2D eigenvalue weighted by Crippen LogP contribution is 2.25. The highest BCUT2D eigenvalue weighted by molar-refractivity contribution is 5.81. The van der Waals surface area contributed by atoms with Gasteiger partial charge in [0, 0.05) is 52.0 Å². The summed E-state index contributed by atoms with van der Waals surface area (Å²) in [4.78, 5) is 34.4. The number of carbonyl (C=O) groups excluding carboxylic acids is 1. The van der Waals surface area contributed by atoms with Crippen molar-refractivity contribution in [1.82, 2.24) is 34.8 Å². The zero-order valence-corrected chi connectivity index (χ0v) is 28.6. The number of hydrogen-bond donors (Lipinski definition) is 2. The number of nitrogens with two attached hydrogens (primary N) is 1. The molecule has 2 saturated heterocycles. The summed E-state index contributed by atoms with van der Waals surface area (Å²) >= 11 is 0. The molecule has 0 aromatic carbocycles. The van der Waals surface area contributed by atoms with Gasteiger partial charge in [-0.1, -0.05) is 31.4 Å². The number of hydrogen-bond acceptors (Lipinski definition) is 14. The van der Waals surface area contributed by atoms with Crippen molar-refractivity contribution in [2.45, 2.75) is 45.6 Å². The Balaban J connectivity index is 1.33. The van der Waals surface area contributed by atoms with Crippen molar-refractivity contribution in [1.29, 1.82) is 0 Å². The second kappa shape index (κ2) is 20.7. The van der Waals surface area contributed by atoms with Gasteiger partial charge in [0.2, 0.25) is 23.8 Å². The van der Waals surface area contributed by atoms with E-state index in [1.165, 1.54) is 0 Å². The Bertz CT molecular complexity index is 1260.